The molecular weight excluding hydrogens is 268 g/mol. The van der Waals surface area contributed by atoms with Crippen molar-refractivity contribution in [2.24, 2.45) is 0 Å². The number of ether oxygens (including phenoxy) is 1. The number of anilines is 1. The summed E-state index contributed by atoms with van der Waals surface area (Å²) in [6, 6.07) is 7.81. The van der Waals surface area contributed by atoms with Gasteiger partial charge in [0.05, 0.1) is 13.2 Å². The van der Waals surface area contributed by atoms with E-state index in [1.165, 1.54) is 5.56 Å². The van der Waals surface area contributed by atoms with Crippen molar-refractivity contribution in [3.63, 3.8) is 0 Å². The van der Waals surface area contributed by atoms with Gasteiger partial charge in [0.25, 0.3) is 0 Å². The number of benzene rings is 1. The smallest absolute Gasteiger partial charge is 0.305 e. The van der Waals surface area contributed by atoms with Gasteiger partial charge in [0, 0.05) is 12.1 Å². The predicted molar refractivity (Wildman–Crippen MR) is 83.2 cm³/mol. The van der Waals surface area contributed by atoms with Crippen LogP contribution in [0.25, 0.3) is 0 Å². The van der Waals surface area contributed by atoms with E-state index in [2.05, 4.69) is 17.6 Å². The summed E-state index contributed by atoms with van der Waals surface area (Å²) in [5, 5.41) is 5.83. The van der Waals surface area contributed by atoms with Gasteiger partial charge in [-0.2, -0.15) is 0 Å². The van der Waals surface area contributed by atoms with Gasteiger partial charge in [0.1, 0.15) is 0 Å². The lowest BCUT2D eigenvalue weighted by Crippen LogP contribution is -2.29. The number of carbonyl (C=O) groups excluding carboxylic acids is 2. The van der Waals surface area contributed by atoms with Crippen LogP contribution in [0.2, 0.25) is 0 Å². The summed E-state index contributed by atoms with van der Waals surface area (Å²) in [4.78, 5) is 22.8. The van der Waals surface area contributed by atoms with Crippen molar-refractivity contribution in [1.29, 1.82) is 0 Å². The fourth-order valence-corrected chi connectivity index (χ4v) is 1.82. The molecule has 0 saturated carbocycles. The topological polar surface area (TPSA) is 67.4 Å². The van der Waals surface area contributed by atoms with Gasteiger partial charge < -0.3 is 15.4 Å². The van der Waals surface area contributed by atoms with Crippen molar-refractivity contribution in [1.82, 2.24) is 5.32 Å². The van der Waals surface area contributed by atoms with E-state index in [4.69, 9.17) is 4.74 Å². The van der Waals surface area contributed by atoms with Crippen LogP contribution < -0.4 is 10.6 Å². The molecule has 1 aromatic rings. The first kappa shape index (κ1) is 17.2. The zero-order valence-electron chi connectivity index (χ0n) is 12.8. The quantitative estimate of drug-likeness (QED) is 0.540. The van der Waals surface area contributed by atoms with E-state index in [9.17, 15) is 9.59 Å². The van der Waals surface area contributed by atoms with Gasteiger partial charge in [0.2, 0.25) is 5.91 Å². The van der Waals surface area contributed by atoms with Crippen LogP contribution in [0, 0.1) is 0 Å². The molecule has 0 heterocycles. The Labute approximate surface area is 126 Å². The second-order valence-corrected chi connectivity index (χ2v) is 4.68. The molecule has 21 heavy (non-hydrogen) atoms. The van der Waals surface area contributed by atoms with Crippen LogP contribution in [0.3, 0.4) is 0 Å². The Hall–Kier alpha value is -1.88. The third-order valence-electron chi connectivity index (χ3n) is 2.97. The standard InChI is InChI=1S/C16H24N2O3/c1-3-13-7-9-14(10-8-13)18-15(19)12-17-11-5-6-16(20)21-4-2/h7-10,17H,3-6,11-12H2,1-2H3,(H,18,19). The van der Waals surface area contributed by atoms with Crippen LogP contribution in [0.5, 0.6) is 0 Å². The molecule has 0 aliphatic carbocycles. The summed E-state index contributed by atoms with van der Waals surface area (Å²) < 4.78 is 4.82. The third-order valence-corrected chi connectivity index (χ3v) is 2.97. The lowest BCUT2D eigenvalue weighted by molar-refractivity contribution is -0.143. The summed E-state index contributed by atoms with van der Waals surface area (Å²) in [7, 11) is 0. The Kier molecular flexibility index (Phi) is 8.12. The molecule has 0 atom stereocenters. The van der Waals surface area contributed by atoms with Gasteiger partial charge >= 0.3 is 5.97 Å². The number of esters is 1. The lowest BCUT2D eigenvalue weighted by Gasteiger charge is -2.07. The number of carbonyl (C=O) groups is 2. The highest BCUT2D eigenvalue weighted by molar-refractivity contribution is 5.92. The van der Waals surface area contributed by atoms with E-state index < -0.39 is 0 Å². The van der Waals surface area contributed by atoms with Gasteiger partial charge in [-0.15, -0.1) is 0 Å². The summed E-state index contributed by atoms with van der Waals surface area (Å²) in [5.41, 5.74) is 2.04. The molecule has 5 nitrogen and oxygen atoms in total. The molecule has 0 aliphatic rings. The molecule has 0 aliphatic heterocycles. The molecule has 1 rings (SSSR count). The average molecular weight is 292 g/mol. The Bertz CT molecular complexity index is 443. The van der Waals surface area contributed by atoms with E-state index in [0.717, 1.165) is 12.1 Å². The van der Waals surface area contributed by atoms with Crippen molar-refractivity contribution < 1.29 is 14.3 Å². The summed E-state index contributed by atoms with van der Waals surface area (Å²) in [5.74, 6) is -0.282. The van der Waals surface area contributed by atoms with Crippen LogP contribution in [-0.4, -0.2) is 31.6 Å². The molecule has 1 aromatic carbocycles. The number of hydrogen-bond donors (Lipinski definition) is 2. The Morgan fingerprint density at radius 1 is 1.14 bits per heavy atom. The molecule has 2 N–H and O–H groups in total. The van der Waals surface area contributed by atoms with Crippen LogP contribution >= 0.6 is 0 Å². The van der Waals surface area contributed by atoms with E-state index in [0.29, 0.717) is 26.0 Å². The summed E-state index contributed by atoms with van der Waals surface area (Å²) in [6.45, 7) is 5.13. The van der Waals surface area contributed by atoms with Crippen LogP contribution in [0.15, 0.2) is 24.3 Å². The second-order valence-electron chi connectivity index (χ2n) is 4.68. The molecule has 5 heteroatoms. The van der Waals surface area contributed by atoms with Crippen molar-refractivity contribution in [2.75, 3.05) is 25.0 Å². The van der Waals surface area contributed by atoms with Crippen LogP contribution in [-0.2, 0) is 20.7 Å². The number of aryl methyl sites for hydroxylation is 1. The summed E-state index contributed by atoms with van der Waals surface area (Å²) in [6.07, 6.45) is 2.02. The lowest BCUT2D eigenvalue weighted by atomic mass is 10.1. The molecule has 0 saturated heterocycles. The fraction of sp³-hybridized carbons (Fsp3) is 0.500. The first-order chi connectivity index (χ1) is 10.2. The number of hydrogen-bond acceptors (Lipinski definition) is 4. The molecule has 0 unspecified atom stereocenters. The van der Waals surface area contributed by atoms with Gasteiger partial charge in [-0.05, 0) is 44.0 Å². The maximum Gasteiger partial charge on any atom is 0.305 e. The third kappa shape index (κ3) is 7.46. The molecule has 0 spiro atoms. The van der Waals surface area contributed by atoms with Gasteiger partial charge in [0.15, 0.2) is 0 Å². The highest BCUT2D eigenvalue weighted by Crippen LogP contribution is 2.09. The maximum absolute atomic E-state index is 11.7. The van der Waals surface area contributed by atoms with Crippen molar-refractivity contribution in [2.45, 2.75) is 33.1 Å². The first-order valence-corrected chi connectivity index (χ1v) is 7.40. The van der Waals surface area contributed by atoms with Crippen molar-refractivity contribution >= 4 is 17.6 Å². The molecule has 0 aromatic heterocycles. The fourth-order valence-electron chi connectivity index (χ4n) is 1.82. The normalized spacial score (nSPS) is 10.2. The summed E-state index contributed by atoms with van der Waals surface area (Å²) >= 11 is 0. The maximum atomic E-state index is 11.7. The Morgan fingerprint density at radius 3 is 2.48 bits per heavy atom. The molecule has 1 amide bonds. The zero-order chi connectivity index (χ0) is 15.5. The van der Waals surface area contributed by atoms with Crippen molar-refractivity contribution in [3.05, 3.63) is 29.8 Å². The van der Waals surface area contributed by atoms with Gasteiger partial charge in [-0.25, -0.2) is 0 Å². The monoisotopic (exact) mass is 292 g/mol. The Balaban J connectivity index is 2.14. The molecule has 0 fully saturated rings. The number of rotatable bonds is 9. The first-order valence-electron chi connectivity index (χ1n) is 7.40. The predicted octanol–water partition coefficient (Wildman–Crippen LogP) is 2.12. The minimum Gasteiger partial charge on any atom is -0.466 e. The molecule has 116 valence electrons. The Morgan fingerprint density at radius 2 is 1.86 bits per heavy atom. The van der Waals surface area contributed by atoms with Crippen LogP contribution in [0.4, 0.5) is 5.69 Å². The van der Waals surface area contributed by atoms with E-state index in [1.54, 1.807) is 6.92 Å². The highest BCUT2D eigenvalue weighted by Gasteiger charge is 2.03. The minimum atomic E-state index is -0.195. The van der Waals surface area contributed by atoms with E-state index in [-0.39, 0.29) is 18.4 Å². The van der Waals surface area contributed by atoms with Gasteiger partial charge in [-0.1, -0.05) is 19.1 Å². The average Bonchev–Trinajstić information content (AvgIpc) is 2.48. The highest BCUT2D eigenvalue weighted by atomic mass is 16.5. The molecule has 0 bridgehead atoms. The van der Waals surface area contributed by atoms with E-state index in [1.807, 2.05) is 24.3 Å². The minimum absolute atomic E-state index is 0.0876. The zero-order valence-corrected chi connectivity index (χ0v) is 12.8. The SMILES string of the molecule is CCOC(=O)CCCNCC(=O)Nc1ccc(CC)cc1. The van der Waals surface area contributed by atoms with Crippen molar-refractivity contribution in [3.8, 4) is 0 Å². The number of nitrogens with one attached hydrogen (secondary N) is 2. The van der Waals surface area contributed by atoms with Crippen LogP contribution in [0.1, 0.15) is 32.3 Å². The second kappa shape index (κ2) is 9.94. The van der Waals surface area contributed by atoms with E-state index >= 15 is 0 Å². The van der Waals surface area contributed by atoms with Gasteiger partial charge in [-0.3, -0.25) is 9.59 Å². The number of amides is 1. The largest absolute Gasteiger partial charge is 0.466 e. The molecule has 0 radical (unpaired) electrons. The molecular formula is C16H24N2O3.